The van der Waals surface area contributed by atoms with Crippen LogP contribution in [0.15, 0.2) is 88.9 Å². The van der Waals surface area contributed by atoms with E-state index in [0.717, 1.165) is 10.5 Å². The summed E-state index contributed by atoms with van der Waals surface area (Å²) < 4.78 is 4.66. The Labute approximate surface area is 242 Å². The van der Waals surface area contributed by atoms with Gasteiger partial charge in [0.05, 0.1) is 24.1 Å². The van der Waals surface area contributed by atoms with Crippen LogP contribution in [0.25, 0.3) is 11.3 Å². The molecule has 0 fully saturated rings. The smallest absolute Gasteiger partial charge is 0.337 e. The molecule has 3 amide bonds. The Morgan fingerprint density at radius 3 is 2.17 bits per heavy atom. The fraction of sp³-hybridized carbons (Fsp3) is 0.0357. The Morgan fingerprint density at radius 2 is 1.52 bits per heavy atom. The average molecular weight is 593 g/mol. The van der Waals surface area contributed by atoms with Gasteiger partial charge < -0.3 is 10.1 Å². The van der Waals surface area contributed by atoms with E-state index in [1.807, 2.05) is 17.5 Å². The van der Waals surface area contributed by atoms with Gasteiger partial charge in [0, 0.05) is 27.2 Å². The van der Waals surface area contributed by atoms with Gasteiger partial charge in [0.15, 0.2) is 5.13 Å². The summed E-state index contributed by atoms with van der Waals surface area (Å²) in [4.78, 5) is 55.5. The maximum Gasteiger partial charge on any atom is 0.337 e. The van der Waals surface area contributed by atoms with Crippen LogP contribution >= 0.6 is 34.5 Å². The second kappa shape index (κ2) is 11.3. The van der Waals surface area contributed by atoms with Crippen LogP contribution in [0.1, 0.15) is 20.7 Å². The van der Waals surface area contributed by atoms with Crippen molar-refractivity contribution in [3.8, 4) is 11.3 Å². The number of thiazole rings is 1. The number of imide groups is 1. The van der Waals surface area contributed by atoms with Gasteiger partial charge in [0.25, 0.3) is 17.7 Å². The lowest BCUT2D eigenvalue weighted by atomic mass is 10.2. The maximum absolute atomic E-state index is 13.0. The van der Waals surface area contributed by atoms with E-state index in [1.54, 1.807) is 36.4 Å². The maximum atomic E-state index is 13.0. The van der Waals surface area contributed by atoms with Crippen LogP contribution < -0.4 is 15.5 Å². The number of hydrogen-bond acceptors (Lipinski definition) is 8. The molecule has 5 rings (SSSR count). The van der Waals surface area contributed by atoms with E-state index >= 15 is 0 Å². The number of rotatable bonds is 7. The van der Waals surface area contributed by atoms with Crippen LogP contribution in [0.5, 0.6) is 0 Å². The number of anilines is 3. The fourth-order valence-electron chi connectivity index (χ4n) is 3.81. The molecule has 1 aromatic heterocycles. The van der Waals surface area contributed by atoms with Crippen molar-refractivity contribution >= 4 is 74.7 Å². The highest BCUT2D eigenvalue weighted by Crippen LogP contribution is 2.31. The topological polar surface area (TPSA) is 118 Å². The van der Waals surface area contributed by atoms with Crippen molar-refractivity contribution in [2.24, 2.45) is 0 Å². The van der Waals surface area contributed by atoms with Gasteiger partial charge >= 0.3 is 5.97 Å². The highest BCUT2D eigenvalue weighted by molar-refractivity contribution is 7.14. The molecule has 9 nitrogen and oxygen atoms in total. The second-order valence-electron chi connectivity index (χ2n) is 8.37. The van der Waals surface area contributed by atoms with Crippen molar-refractivity contribution in [2.45, 2.75) is 0 Å². The molecule has 3 aromatic carbocycles. The van der Waals surface area contributed by atoms with Crippen LogP contribution in [0, 0.1) is 0 Å². The number of methoxy groups -OCH3 is 1. The van der Waals surface area contributed by atoms with Crippen LogP contribution in [-0.4, -0.2) is 35.8 Å². The first kappa shape index (κ1) is 27.1. The lowest BCUT2D eigenvalue weighted by Gasteiger charge is -2.15. The molecule has 40 heavy (non-hydrogen) atoms. The molecular formula is C28H18Cl2N4O5S. The summed E-state index contributed by atoms with van der Waals surface area (Å²) in [5, 5.41) is 8.23. The van der Waals surface area contributed by atoms with Gasteiger partial charge in [-0.2, -0.15) is 0 Å². The molecule has 0 radical (unpaired) electrons. The third-order valence-corrected chi connectivity index (χ3v) is 7.22. The van der Waals surface area contributed by atoms with E-state index in [9.17, 15) is 19.2 Å². The Balaban J connectivity index is 1.24. The zero-order valence-corrected chi connectivity index (χ0v) is 22.9. The van der Waals surface area contributed by atoms with Crippen molar-refractivity contribution < 1.29 is 23.9 Å². The number of esters is 1. The van der Waals surface area contributed by atoms with E-state index in [4.69, 9.17) is 23.2 Å². The third kappa shape index (κ3) is 5.46. The van der Waals surface area contributed by atoms with Gasteiger partial charge in [-0.05, 0) is 60.7 Å². The van der Waals surface area contributed by atoms with Crippen molar-refractivity contribution in [3.05, 3.63) is 105 Å². The molecule has 200 valence electrons. The highest BCUT2D eigenvalue weighted by Gasteiger charge is 2.39. The van der Waals surface area contributed by atoms with Crippen molar-refractivity contribution in [3.63, 3.8) is 0 Å². The third-order valence-electron chi connectivity index (χ3n) is 5.85. The largest absolute Gasteiger partial charge is 0.465 e. The van der Waals surface area contributed by atoms with Gasteiger partial charge in [-0.3, -0.25) is 19.7 Å². The lowest BCUT2D eigenvalue weighted by molar-refractivity contribution is -0.120. The van der Waals surface area contributed by atoms with E-state index in [-0.39, 0.29) is 27.9 Å². The Morgan fingerprint density at radius 1 is 0.875 bits per heavy atom. The summed E-state index contributed by atoms with van der Waals surface area (Å²) in [6, 6.07) is 19.3. The Kier molecular flexibility index (Phi) is 7.65. The molecular weight excluding hydrogens is 575 g/mol. The van der Waals surface area contributed by atoms with Gasteiger partial charge in [0.2, 0.25) is 0 Å². The molecule has 0 unspecified atom stereocenters. The molecule has 0 atom stereocenters. The molecule has 12 heteroatoms. The monoisotopic (exact) mass is 592 g/mol. The summed E-state index contributed by atoms with van der Waals surface area (Å²) >= 11 is 13.4. The first-order chi connectivity index (χ1) is 19.2. The second-order valence-corrected chi connectivity index (χ2v) is 10.0. The van der Waals surface area contributed by atoms with E-state index < -0.39 is 17.8 Å². The summed E-state index contributed by atoms with van der Waals surface area (Å²) in [5.74, 6) is -2.29. The molecule has 1 aliphatic heterocycles. The first-order valence-corrected chi connectivity index (χ1v) is 13.3. The summed E-state index contributed by atoms with van der Waals surface area (Å²) in [5.41, 5.74) is 2.78. The number of carbonyl (C=O) groups is 4. The van der Waals surface area contributed by atoms with Crippen molar-refractivity contribution in [1.29, 1.82) is 0 Å². The SMILES string of the molecule is COC(=O)c1ccc(N2C(=O)C(Cl)=C(Nc3ccc(C(=O)Nc4nc(-c5ccc(Cl)cc5)cs4)cc3)C2=O)cc1. The van der Waals surface area contributed by atoms with Gasteiger partial charge in [-0.15, -0.1) is 11.3 Å². The van der Waals surface area contributed by atoms with E-state index in [1.165, 1.54) is 42.7 Å². The average Bonchev–Trinajstić information content (AvgIpc) is 3.51. The minimum Gasteiger partial charge on any atom is -0.465 e. The number of nitrogens with zero attached hydrogens (tertiary/aromatic N) is 2. The minimum atomic E-state index is -0.711. The first-order valence-electron chi connectivity index (χ1n) is 11.6. The predicted molar refractivity (Wildman–Crippen MR) is 154 cm³/mol. The van der Waals surface area contributed by atoms with Gasteiger partial charge in [-0.1, -0.05) is 35.3 Å². The predicted octanol–water partition coefficient (Wildman–Crippen LogP) is 5.94. The minimum absolute atomic E-state index is 0.113. The zero-order chi connectivity index (χ0) is 28.4. The molecule has 0 saturated carbocycles. The molecule has 0 saturated heterocycles. The molecule has 4 aromatic rings. The number of aromatic nitrogens is 1. The molecule has 2 heterocycles. The summed E-state index contributed by atoms with van der Waals surface area (Å²) in [6.45, 7) is 0. The van der Waals surface area contributed by atoms with Crippen molar-refractivity contribution in [2.75, 3.05) is 22.6 Å². The summed E-state index contributed by atoms with van der Waals surface area (Å²) in [6.07, 6.45) is 0. The fourth-order valence-corrected chi connectivity index (χ4v) is 4.87. The standard InChI is InChI=1S/C28H18Cl2N4O5S/c1-39-27(38)17-6-12-20(13-7-17)34-25(36)22(30)23(26(34)37)31-19-10-4-16(5-11-19)24(35)33-28-32-21(14-40-28)15-2-8-18(29)9-3-15/h2-14,31H,1H3,(H,32,33,35). The number of nitrogens with one attached hydrogen (secondary N) is 2. The van der Waals surface area contributed by atoms with Crippen LogP contribution in [0.3, 0.4) is 0 Å². The Bertz CT molecular complexity index is 1670. The normalized spacial score (nSPS) is 13.0. The Hall–Kier alpha value is -4.51. The molecule has 0 spiro atoms. The molecule has 2 N–H and O–H groups in total. The van der Waals surface area contributed by atoms with Crippen LogP contribution in [0.2, 0.25) is 5.02 Å². The van der Waals surface area contributed by atoms with E-state index in [0.29, 0.717) is 27.1 Å². The quantitative estimate of drug-likeness (QED) is 0.201. The van der Waals surface area contributed by atoms with Crippen LogP contribution in [-0.2, 0) is 14.3 Å². The van der Waals surface area contributed by atoms with Crippen LogP contribution in [0.4, 0.5) is 16.5 Å². The lowest BCUT2D eigenvalue weighted by Crippen LogP contribution is -2.32. The number of hydrogen-bond donors (Lipinski definition) is 2. The number of benzene rings is 3. The highest BCUT2D eigenvalue weighted by atomic mass is 35.5. The number of ether oxygens (including phenoxy) is 1. The number of carbonyl (C=O) groups excluding carboxylic acids is 4. The molecule has 1 aliphatic rings. The number of halogens is 2. The van der Waals surface area contributed by atoms with Gasteiger partial charge in [0.1, 0.15) is 10.7 Å². The zero-order valence-electron chi connectivity index (χ0n) is 20.6. The molecule has 0 bridgehead atoms. The summed E-state index contributed by atoms with van der Waals surface area (Å²) in [7, 11) is 1.25. The van der Waals surface area contributed by atoms with E-state index in [2.05, 4.69) is 20.4 Å². The van der Waals surface area contributed by atoms with Gasteiger partial charge in [-0.25, -0.2) is 14.7 Å². The number of amides is 3. The van der Waals surface area contributed by atoms with Crippen molar-refractivity contribution in [1.82, 2.24) is 4.98 Å². The molecule has 0 aliphatic carbocycles.